The molecular weight excluding hydrogens is 592 g/mol. The highest BCUT2D eigenvalue weighted by molar-refractivity contribution is 6.00. The lowest BCUT2D eigenvalue weighted by molar-refractivity contribution is -0.373. The molecule has 1 fully saturated rings. The van der Waals surface area contributed by atoms with Crippen LogP contribution in [0, 0.1) is 0 Å². The summed E-state index contributed by atoms with van der Waals surface area (Å²) in [6.45, 7) is -5.17. The fourth-order valence-corrected chi connectivity index (χ4v) is 4.21. The van der Waals surface area contributed by atoms with Gasteiger partial charge in [-0.05, 0) is 37.8 Å². The summed E-state index contributed by atoms with van der Waals surface area (Å²) in [5.41, 5.74) is -0.00383. The molecule has 0 unspecified atom stereocenters. The summed E-state index contributed by atoms with van der Waals surface area (Å²) in [5.74, 6) is -2.38. The number of nitrogens with zero attached hydrogens (tertiary/aromatic N) is 4. The summed E-state index contributed by atoms with van der Waals surface area (Å²) < 4.78 is 114. The van der Waals surface area contributed by atoms with E-state index in [-0.39, 0.29) is 33.2 Å². The average molecular weight is 614 g/mol. The number of nitrogens with two attached hydrogens (primary N) is 1. The van der Waals surface area contributed by atoms with Crippen molar-refractivity contribution in [3.05, 3.63) is 41.9 Å². The Balaban J connectivity index is 1.35. The summed E-state index contributed by atoms with van der Waals surface area (Å²) in [5, 5.41) is 19.4. The molecule has 3 aromatic heterocycles. The fraction of sp³-hybridized carbons (Fsp3) is 0.478. The number of ether oxygens (including phenoxy) is 2. The number of pyridine rings is 1. The maximum Gasteiger partial charge on any atom is 0.429 e. The molecule has 230 valence electrons. The van der Waals surface area contributed by atoms with Crippen LogP contribution in [0.4, 0.5) is 35.1 Å². The van der Waals surface area contributed by atoms with E-state index in [0.29, 0.717) is 25.7 Å². The topological polar surface area (TPSA) is 146 Å². The van der Waals surface area contributed by atoms with Crippen LogP contribution in [-0.2, 0) is 0 Å². The van der Waals surface area contributed by atoms with Crippen molar-refractivity contribution in [1.29, 1.82) is 0 Å². The van der Waals surface area contributed by atoms with E-state index in [0.717, 1.165) is 29.2 Å². The van der Waals surface area contributed by atoms with Crippen LogP contribution in [0.1, 0.15) is 52.9 Å². The van der Waals surface area contributed by atoms with Crippen LogP contribution in [0.25, 0.3) is 5.52 Å². The van der Waals surface area contributed by atoms with Gasteiger partial charge in [-0.15, -0.1) is 5.10 Å². The van der Waals surface area contributed by atoms with E-state index in [4.69, 9.17) is 10.5 Å². The number of primary amides is 1. The molecule has 11 nitrogen and oxygen atoms in total. The first-order valence-corrected chi connectivity index (χ1v) is 12.1. The van der Waals surface area contributed by atoms with Gasteiger partial charge in [0.25, 0.3) is 17.4 Å². The van der Waals surface area contributed by atoms with Crippen LogP contribution < -0.4 is 20.5 Å². The van der Waals surface area contributed by atoms with Crippen LogP contribution in [0.5, 0.6) is 11.6 Å². The van der Waals surface area contributed by atoms with Crippen molar-refractivity contribution < 1.29 is 59.3 Å². The van der Waals surface area contributed by atoms with Gasteiger partial charge >= 0.3 is 18.9 Å². The second-order valence-corrected chi connectivity index (χ2v) is 9.43. The number of carbonyl (C=O) groups is 2. The minimum absolute atomic E-state index is 0.0469. The van der Waals surface area contributed by atoms with Gasteiger partial charge in [0.15, 0.2) is 0 Å². The number of carbonyl (C=O) groups excluding carboxylic acids is 2. The molecule has 3 heterocycles. The van der Waals surface area contributed by atoms with Gasteiger partial charge in [0.05, 0.1) is 23.5 Å². The molecule has 4 rings (SSSR count). The molecular formula is C23H22F8N6O5. The lowest BCUT2D eigenvalue weighted by atomic mass is 9.92. The van der Waals surface area contributed by atoms with Crippen LogP contribution in [0.15, 0.2) is 30.7 Å². The Bertz CT molecular complexity index is 1430. The molecule has 1 saturated carbocycles. The number of rotatable bonds is 9. The van der Waals surface area contributed by atoms with E-state index in [1.165, 1.54) is 6.07 Å². The number of nitrogens with one attached hydrogen (secondary N) is 1. The minimum atomic E-state index is -6.05. The molecule has 0 atom stereocenters. The summed E-state index contributed by atoms with van der Waals surface area (Å²) in [7, 11) is 0. The number of hydrogen-bond acceptors (Lipinski definition) is 7. The predicted molar refractivity (Wildman–Crippen MR) is 124 cm³/mol. The van der Waals surface area contributed by atoms with E-state index in [9.17, 15) is 49.8 Å². The molecule has 2 amide bonds. The van der Waals surface area contributed by atoms with Gasteiger partial charge in [-0.2, -0.15) is 40.2 Å². The molecule has 0 spiro atoms. The Morgan fingerprint density at radius 3 is 2.26 bits per heavy atom. The lowest BCUT2D eigenvalue weighted by Gasteiger charge is -2.31. The van der Waals surface area contributed by atoms with E-state index in [1.807, 2.05) is 0 Å². The van der Waals surface area contributed by atoms with Gasteiger partial charge in [-0.25, -0.2) is 9.20 Å². The smallest absolute Gasteiger partial charge is 0.429 e. The normalized spacial score (nSPS) is 18.3. The second-order valence-electron chi connectivity index (χ2n) is 9.43. The van der Waals surface area contributed by atoms with E-state index < -0.39 is 54.8 Å². The first-order valence-electron chi connectivity index (χ1n) is 12.1. The van der Waals surface area contributed by atoms with Crippen molar-refractivity contribution in [3.63, 3.8) is 0 Å². The first kappa shape index (κ1) is 30.8. The Hall–Kier alpha value is -4.16. The highest BCUT2D eigenvalue weighted by Gasteiger charge is 2.71. The van der Waals surface area contributed by atoms with Gasteiger partial charge in [0.2, 0.25) is 5.88 Å². The summed E-state index contributed by atoms with van der Waals surface area (Å²) in [4.78, 5) is 24.4. The zero-order valence-electron chi connectivity index (χ0n) is 21.1. The lowest BCUT2D eigenvalue weighted by Crippen LogP contribution is -2.60. The first-order chi connectivity index (χ1) is 19.5. The Morgan fingerprint density at radius 1 is 1.05 bits per heavy atom. The Kier molecular flexibility index (Phi) is 8.25. The molecule has 1 aliphatic rings. The standard InChI is InChI=1S/C23H22F8N6O5/c24-20(25)37-9-15(17(32)38)19(35-37)42-12-3-1-11(2-4-12)34-18(39)14-7-33-36-8-13(5-6-16(14)36)41-10-21(40,22(26,27)28)23(29,30)31/h5-9,11-12,20,40H,1-4,10H2,(H2,32,38)(H,34,39)/t11-,12-. The average Bonchev–Trinajstić information content (AvgIpc) is 3.51. The fourth-order valence-electron chi connectivity index (χ4n) is 4.21. The maximum absolute atomic E-state index is 12.9. The monoisotopic (exact) mass is 614 g/mol. The van der Waals surface area contributed by atoms with Gasteiger partial charge in [0, 0.05) is 12.2 Å². The maximum atomic E-state index is 12.9. The van der Waals surface area contributed by atoms with Crippen molar-refractivity contribution in [2.24, 2.45) is 5.73 Å². The van der Waals surface area contributed by atoms with Crippen molar-refractivity contribution >= 4 is 17.3 Å². The van der Waals surface area contributed by atoms with Crippen LogP contribution in [0.2, 0.25) is 0 Å². The number of amides is 2. The second kappa shape index (κ2) is 11.3. The Morgan fingerprint density at radius 2 is 1.69 bits per heavy atom. The predicted octanol–water partition coefficient (Wildman–Crippen LogP) is 3.38. The zero-order chi connectivity index (χ0) is 31.0. The van der Waals surface area contributed by atoms with E-state index >= 15 is 0 Å². The number of halogens is 8. The van der Waals surface area contributed by atoms with Crippen molar-refractivity contribution in [3.8, 4) is 11.6 Å². The van der Waals surface area contributed by atoms with Gasteiger partial charge < -0.3 is 25.6 Å². The van der Waals surface area contributed by atoms with Crippen molar-refractivity contribution in [2.75, 3.05) is 6.61 Å². The minimum Gasteiger partial charge on any atom is -0.488 e. The van der Waals surface area contributed by atoms with Crippen molar-refractivity contribution in [2.45, 2.75) is 62.3 Å². The van der Waals surface area contributed by atoms with Gasteiger partial charge in [-0.3, -0.25) is 9.59 Å². The SMILES string of the molecule is NC(=O)c1cn(C(F)F)nc1O[C@H]1CC[C@H](NC(=O)c2cnn3cc(OCC(O)(C(F)(F)F)C(F)(F)F)ccc23)CC1. The summed E-state index contributed by atoms with van der Waals surface area (Å²) >= 11 is 0. The molecule has 3 aromatic rings. The molecule has 0 bridgehead atoms. The third-order valence-corrected chi connectivity index (χ3v) is 6.57. The number of alkyl halides is 8. The van der Waals surface area contributed by atoms with E-state index in [2.05, 4.69) is 20.3 Å². The highest BCUT2D eigenvalue weighted by atomic mass is 19.4. The van der Waals surface area contributed by atoms with Crippen LogP contribution >= 0.6 is 0 Å². The molecule has 42 heavy (non-hydrogen) atoms. The summed E-state index contributed by atoms with van der Waals surface area (Å²) in [6, 6.07) is 1.86. The number of hydrogen-bond donors (Lipinski definition) is 3. The van der Waals surface area contributed by atoms with Crippen molar-refractivity contribution in [1.82, 2.24) is 24.7 Å². The largest absolute Gasteiger partial charge is 0.488 e. The zero-order valence-corrected chi connectivity index (χ0v) is 21.1. The third-order valence-electron chi connectivity index (χ3n) is 6.57. The molecule has 0 radical (unpaired) electrons. The molecule has 0 saturated heterocycles. The highest BCUT2D eigenvalue weighted by Crippen LogP contribution is 2.43. The summed E-state index contributed by atoms with van der Waals surface area (Å²) in [6.07, 6.45) is -8.22. The number of aliphatic hydroxyl groups is 1. The quantitative estimate of drug-likeness (QED) is 0.314. The molecule has 19 heteroatoms. The molecule has 1 aliphatic carbocycles. The number of fused-ring (bicyclic) bond motifs is 1. The molecule has 4 N–H and O–H groups in total. The van der Waals surface area contributed by atoms with Crippen LogP contribution in [-0.4, -0.2) is 73.0 Å². The number of aromatic nitrogens is 4. The van der Waals surface area contributed by atoms with Crippen LogP contribution in [0.3, 0.4) is 0 Å². The molecule has 0 aliphatic heterocycles. The third kappa shape index (κ3) is 6.19. The van der Waals surface area contributed by atoms with E-state index in [1.54, 1.807) is 0 Å². The van der Waals surface area contributed by atoms with Gasteiger partial charge in [0.1, 0.15) is 24.0 Å². The molecule has 0 aromatic carbocycles. The van der Waals surface area contributed by atoms with Gasteiger partial charge in [-0.1, -0.05) is 0 Å². The Labute approximate surface area is 230 Å².